The fraction of sp³-hybridized carbons (Fsp3) is 0.867. The first-order chi connectivity index (χ1) is 8.77. The Morgan fingerprint density at radius 1 is 1.32 bits per heavy atom. The van der Waals surface area contributed by atoms with Gasteiger partial charge in [-0.25, -0.2) is 0 Å². The van der Waals surface area contributed by atoms with E-state index < -0.39 is 17.4 Å². The van der Waals surface area contributed by atoms with E-state index in [2.05, 4.69) is 13.8 Å². The molecule has 0 bridgehead atoms. The van der Waals surface area contributed by atoms with E-state index in [0.29, 0.717) is 0 Å². The number of aliphatic carboxylic acids is 1. The Hall–Kier alpha value is -1.06. The molecule has 0 heterocycles. The zero-order valence-corrected chi connectivity index (χ0v) is 12.5. The second-order valence-electron chi connectivity index (χ2n) is 6.38. The Morgan fingerprint density at radius 3 is 2.32 bits per heavy atom. The highest BCUT2D eigenvalue weighted by Crippen LogP contribution is 2.38. The first kappa shape index (κ1) is 16.0. The summed E-state index contributed by atoms with van der Waals surface area (Å²) in [5.74, 6) is -1.63. The van der Waals surface area contributed by atoms with Crippen molar-refractivity contribution in [1.82, 2.24) is 0 Å². The van der Waals surface area contributed by atoms with Gasteiger partial charge in [0.2, 0.25) is 0 Å². The maximum absolute atomic E-state index is 12.2. The molecular weight excluding hydrogens is 244 g/mol. The molecule has 0 aromatic carbocycles. The van der Waals surface area contributed by atoms with Crippen LogP contribution in [0.15, 0.2) is 0 Å². The molecule has 0 saturated heterocycles. The van der Waals surface area contributed by atoms with Crippen molar-refractivity contribution in [2.75, 3.05) is 0 Å². The van der Waals surface area contributed by atoms with Crippen molar-refractivity contribution >= 4 is 11.9 Å². The van der Waals surface area contributed by atoms with Gasteiger partial charge in [0, 0.05) is 0 Å². The fourth-order valence-corrected chi connectivity index (χ4v) is 2.92. The van der Waals surface area contributed by atoms with E-state index in [1.54, 1.807) is 13.8 Å². The highest BCUT2D eigenvalue weighted by Gasteiger charge is 2.46. The summed E-state index contributed by atoms with van der Waals surface area (Å²) in [5.41, 5.74) is -1.20. The number of carbonyl (C=O) groups is 2. The van der Waals surface area contributed by atoms with Gasteiger partial charge in [-0.2, -0.15) is 0 Å². The number of hydrogen-bond donors (Lipinski definition) is 1. The third kappa shape index (κ3) is 3.48. The van der Waals surface area contributed by atoms with Crippen molar-refractivity contribution in [3.05, 3.63) is 0 Å². The summed E-state index contributed by atoms with van der Waals surface area (Å²) in [7, 11) is 0. The Balaban J connectivity index is 2.75. The minimum atomic E-state index is -1.37. The zero-order valence-electron chi connectivity index (χ0n) is 12.5. The molecule has 110 valence electrons. The Labute approximate surface area is 115 Å². The van der Waals surface area contributed by atoms with E-state index in [1.165, 1.54) is 0 Å². The highest BCUT2D eigenvalue weighted by molar-refractivity contribution is 5.99. The van der Waals surface area contributed by atoms with Gasteiger partial charge in [0.1, 0.15) is 6.10 Å². The molecule has 0 spiro atoms. The van der Waals surface area contributed by atoms with Gasteiger partial charge < -0.3 is 9.84 Å². The molecule has 1 atom stereocenters. The molecule has 0 aliphatic heterocycles. The smallest absolute Gasteiger partial charge is 0.323 e. The largest absolute Gasteiger partial charge is 0.480 e. The van der Waals surface area contributed by atoms with E-state index in [1.807, 2.05) is 0 Å². The van der Waals surface area contributed by atoms with Gasteiger partial charge in [-0.05, 0) is 43.9 Å². The third-order valence-corrected chi connectivity index (χ3v) is 4.44. The molecule has 0 amide bonds. The average molecular weight is 270 g/mol. The third-order valence-electron chi connectivity index (χ3n) is 4.44. The van der Waals surface area contributed by atoms with E-state index in [0.717, 1.165) is 25.7 Å². The van der Waals surface area contributed by atoms with Crippen molar-refractivity contribution in [1.29, 1.82) is 0 Å². The predicted octanol–water partition coefficient (Wildman–Crippen LogP) is 3.39. The molecule has 4 nitrogen and oxygen atoms in total. The lowest BCUT2D eigenvalue weighted by Gasteiger charge is -2.36. The molecule has 1 rings (SSSR count). The number of carboxylic acid groups (broad SMARTS) is 1. The summed E-state index contributed by atoms with van der Waals surface area (Å²) >= 11 is 0. The Morgan fingerprint density at radius 2 is 1.89 bits per heavy atom. The molecule has 1 fully saturated rings. The van der Waals surface area contributed by atoms with Gasteiger partial charge in [0.15, 0.2) is 5.41 Å². The number of carbonyl (C=O) groups excluding carboxylic acids is 1. The molecular formula is C15H26O4. The summed E-state index contributed by atoms with van der Waals surface area (Å²) in [6, 6.07) is 0. The summed E-state index contributed by atoms with van der Waals surface area (Å²) in [6.45, 7) is 7.78. The predicted molar refractivity (Wildman–Crippen MR) is 72.8 cm³/mol. The van der Waals surface area contributed by atoms with Gasteiger partial charge in [0.05, 0.1) is 0 Å². The van der Waals surface area contributed by atoms with E-state index in [4.69, 9.17) is 4.74 Å². The monoisotopic (exact) mass is 270 g/mol. The van der Waals surface area contributed by atoms with Crippen LogP contribution in [0, 0.1) is 10.8 Å². The van der Waals surface area contributed by atoms with E-state index >= 15 is 0 Å². The van der Waals surface area contributed by atoms with Gasteiger partial charge in [-0.1, -0.05) is 27.7 Å². The maximum atomic E-state index is 12.2. The van der Waals surface area contributed by atoms with Gasteiger partial charge in [0.25, 0.3) is 0 Å². The minimum absolute atomic E-state index is 0.131. The Bertz CT molecular complexity index is 342. The Kier molecular flexibility index (Phi) is 4.99. The maximum Gasteiger partial charge on any atom is 0.323 e. The van der Waals surface area contributed by atoms with E-state index in [-0.39, 0.29) is 24.4 Å². The van der Waals surface area contributed by atoms with Crippen LogP contribution in [0.5, 0.6) is 0 Å². The second kappa shape index (κ2) is 5.93. The number of esters is 1. The van der Waals surface area contributed by atoms with Crippen molar-refractivity contribution in [3.63, 3.8) is 0 Å². The molecule has 1 aliphatic carbocycles. The summed E-state index contributed by atoms with van der Waals surface area (Å²) < 4.78 is 5.52. The lowest BCUT2D eigenvalue weighted by atomic mass is 9.76. The molecule has 0 radical (unpaired) electrons. The molecule has 0 aromatic heterocycles. The van der Waals surface area contributed by atoms with Crippen LogP contribution >= 0.6 is 0 Å². The molecule has 1 saturated carbocycles. The number of ether oxygens (including phenoxy) is 1. The van der Waals surface area contributed by atoms with Gasteiger partial charge >= 0.3 is 11.9 Å². The normalized spacial score (nSPS) is 22.8. The summed E-state index contributed by atoms with van der Waals surface area (Å²) in [6.07, 6.45) is 4.24. The standard InChI is InChI=1S/C15H26O4/c1-5-15(6-2,12(16)17)13(18)19-11-8-7-9-14(3,4)10-11/h11H,5-10H2,1-4H3,(H,16,17). The number of rotatable bonds is 5. The number of hydrogen-bond acceptors (Lipinski definition) is 3. The first-order valence-corrected chi connectivity index (χ1v) is 7.22. The molecule has 4 heteroatoms. The topological polar surface area (TPSA) is 63.6 Å². The molecule has 0 aromatic rings. The molecule has 1 aliphatic rings. The van der Waals surface area contributed by atoms with Gasteiger partial charge in [-0.15, -0.1) is 0 Å². The van der Waals surface area contributed by atoms with Crippen LogP contribution in [0.1, 0.15) is 66.2 Å². The highest BCUT2D eigenvalue weighted by atomic mass is 16.5. The lowest BCUT2D eigenvalue weighted by Crippen LogP contribution is -2.42. The first-order valence-electron chi connectivity index (χ1n) is 7.22. The minimum Gasteiger partial charge on any atom is -0.480 e. The van der Waals surface area contributed by atoms with Crippen molar-refractivity contribution in [2.24, 2.45) is 10.8 Å². The average Bonchev–Trinajstić information content (AvgIpc) is 2.29. The molecule has 19 heavy (non-hydrogen) atoms. The van der Waals surface area contributed by atoms with Crippen molar-refractivity contribution < 1.29 is 19.4 Å². The van der Waals surface area contributed by atoms with Crippen LogP contribution in [-0.2, 0) is 14.3 Å². The second-order valence-corrected chi connectivity index (χ2v) is 6.38. The number of carboxylic acids is 1. The lowest BCUT2D eigenvalue weighted by molar-refractivity contribution is -0.175. The van der Waals surface area contributed by atoms with Crippen molar-refractivity contribution in [2.45, 2.75) is 72.3 Å². The van der Waals surface area contributed by atoms with Crippen LogP contribution in [0.4, 0.5) is 0 Å². The van der Waals surface area contributed by atoms with Crippen LogP contribution in [0.25, 0.3) is 0 Å². The van der Waals surface area contributed by atoms with Crippen LogP contribution in [0.3, 0.4) is 0 Å². The fourth-order valence-electron chi connectivity index (χ4n) is 2.92. The quantitative estimate of drug-likeness (QED) is 0.614. The van der Waals surface area contributed by atoms with Crippen LogP contribution < -0.4 is 0 Å². The van der Waals surface area contributed by atoms with Crippen LogP contribution in [-0.4, -0.2) is 23.1 Å². The van der Waals surface area contributed by atoms with Crippen LogP contribution in [0.2, 0.25) is 0 Å². The van der Waals surface area contributed by atoms with Crippen molar-refractivity contribution in [3.8, 4) is 0 Å². The van der Waals surface area contributed by atoms with Gasteiger partial charge in [-0.3, -0.25) is 9.59 Å². The molecule has 1 N–H and O–H groups in total. The summed E-state index contributed by atoms with van der Waals surface area (Å²) in [5, 5.41) is 9.33. The zero-order chi connectivity index (χ0) is 14.7. The van der Waals surface area contributed by atoms with E-state index in [9.17, 15) is 14.7 Å². The summed E-state index contributed by atoms with van der Waals surface area (Å²) in [4.78, 5) is 23.6. The SMILES string of the molecule is CCC(CC)(C(=O)O)C(=O)OC1CCCC(C)(C)C1. The molecule has 1 unspecified atom stereocenters.